The van der Waals surface area contributed by atoms with Crippen LogP contribution in [-0.4, -0.2) is 17.3 Å². The molecule has 2 rings (SSSR count). The molecule has 1 N–H and O–H groups in total. The first-order chi connectivity index (χ1) is 8.90. The maximum atomic E-state index is 10.4. The van der Waals surface area contributed by atoms with Gasteiger partial charge in [0, 0.05) is 0 Å². The molecule has 1 fully saturated rings. The second kappa shape index (κ2) is 5.54. The van der Waals surface area contributed by atoms with E-state index < -0.39 is 0 Å². The van der Waals surface area contributed by atoms with Gasteiger partial charge in [-0.15, -0.1) is 0 Å². The van der Waals surface area contributed by atoms with Crippen molar-refractivity contribution < 1.29 is 9.84 Å². The van der Waals surface area contributed by atoms with Crippen LogP contribution in [0.25, 0.3) is 0 Å². The minimum Gasteiger partial charge on any atom is -0.488 e. The summed E-state index contributed by atoms with van der Waals surface area (Å²) >= 11 is 0. The second-order valence-electron chi connectivity index (χ2n) is 6.71. The second-order valence-corrected chi connectivity index (χ2v) is 6.71. The first kappa shape index (κ1) is 14.4. The lowest BCUT2D eigenvalue weighted by molar-refractivity contribution is -0.0689. The highest BCUT2D eigenvalue weighted by molar-refractivity contribution is 5.29. The predicted molar refractivity (Wildman–Crippen MR) is 78.6 cm³/mol. The van der Waals surface area contributed by atoms with Crippen molar-refractivity contribution >= 4 is 0 Å². The first-order valence-electron chi connectivity index (χ1n) is 7.35. The first-order valence-corrected chi connectivity index (χ1v) is 7.35. The fraction of sp³-hybridized carbons (Fsp3) is 0.647. The van der Waals surface area contributed by atoms with Crippen LogP contribution in [0.4, 0.5) is 0 Å². The van der Waals surface area contributed by atoms with Crippen LogP contribution in [0.2, 0.25) is 0 Å². The molecule has 2 atom stereocenters. The zero-order valence-corrected chi connectivity index (χ0v) is 12.5. The molecule has 1 saturated carbocycles. The molecule has 1 aromatic rings. The Morgan fingerprint density at radius 2 is 1.84 bits per heavy atom. The van der Waals surface area contributed by atoms with Gasteiger partial charge >= 0.3 is 0 Å². The van der Waals surface area contributed by atoms with Crippen LogP contribution >= 0.6 is 0 Å². The van der Waals surface area contributed by atoms with Gasteiger partial charge in [0.2, 0.25) is 0 Å². The summed E-state index contributed by atoms with van der Waals surface area (Å²) in [5.74, 6) is 1.40. The normalized spacial score (nSPS) is 26.4. The van der Waals surface area contributed by atoms with Gasteiger partial charge in [0.15, 0.2) is 0 Å². The van der Waals surface area contributed by atoms with E-state index in [1.165, 1.54) is 5.56 Å². The molecule has 0 bridgehead atoms. The Hall–Kier alpha value is -1.02. The van der Waals surface area contributed by atoms with Gasteiger partial charge < -0.3 is 9.84 Å². The van der Waals surface area contributed by atoms with Crippen LogP contribution in [0.5, 0.6) is 5.75 Å². The average molecular weight is 262 g/mol. The number of ether oxygens (including phenoxy) is 1. The van der Waals surface area contributed by atoms with Gasteiger partial charge in [-0.1, -0.05) is 39.8 Å². The fourth-order valence-corrected chi connectivity index (χ4v) is 2.80. The fourth-order valence-electron chi connectivity index (χ4n) is 2.80. The summed E-state index contributed by atoms with van der Waals surface area (Å²) in [6.45, 7) is 8.61. The molecule has 0 amide bonds. The molecular formula is C17H26O2. The third-order valence-corrected chi connectivity index (χ3v) is 4.30. The Labute approximate surface area is 116 Å². The van der Waals surface area contributed by atoms with E-state index in [1.54, 1.807) is 0 Å². The molecule has 0 aromatic heterocycles. The minimum atomic E-state index is -0.383. The van der Waals surface area contributed by atoms with Gasteiger partial charge in [-0.2, -0.15) is 0 Å². The molecule has 0 aliphatic heterocycles. The Balaban J connectivity index is 2.04. The highest BCUT2D eigenvalue weighted by Gasteiger charge is 2.38. The van der Waals surface area contributed by atoms with Crippen LogP contribution in [-0.2, 0) is 0 Å². The van der Waals surface area contributed by atoms with Gasteiger partial charge in [-0.05, 0) is 48.3 Å². The predicted octanol–water partition coefficient (Wildman–Crippen LogP) is 4.13. The third-order valence-electron chi connectivity index (χ3n) is 4.30. The van der Waals surface area contributed by atoms with E-state index in [1.807, 2.05) is 12.1 Å². The number of hydrogen-bond acceptors (Lipinski definition) is 2. The number of hydrogen-bond donors (Lipinski definition) is 1. The molecule has 19 heavy (non-hydrogen) atoms. The number of benzene rings is 1. The highest BCUT2D eigenvalue weighted by Crippen LogP contribution is 2.37. The van der Waals surface area contributed by atoms with Gasteiger partial charge in [0.25, 0.3) is 0 Å². The molecule has 1 aliphatic carbocycles. The van der Waals surface area contributed by atoms with Crippen molar-refractivity contribution in [1.82, 2.24) is 0 Å². The zero-order valence-electron chi connectivity index (χ0n) is 12.5. The topological polar surface area (TPSA) is 29.5 Å². The molecule has 1 aromatic carbocycles. The molecule has 1 aliphatic rings. The van der Waals surface area contributed by atoms with Crippen LogP contribution in [0, 0.1) is 5.41 Å². The van der Waals surface area contributed by atoms with Crippen molar-refractivity contribution in [3.8, 4) is 5.75 Å². The molecule has 106 valence electrons. The lowest BCUT2D eigenvalue weighted by Gasteiger charge is -2.40. The molecule has 0 saturated heterocycles. The summed E-state index contributed by atoms with van der Waals surface area (Å²) in [4.78, 5) is 0. The van der Waals surface area contributed by atoms with E-state index in [0.29, 0.717) is 5.92 Å². The van der Waals surface area contributed by atoms with E-state index in [9.17, 15) is 5.11 Å². The van der Waals surface area contributed by atoms with E-state index >= 15 is 0 Å². The maximum Gasteiger partial charge on any atom is 0.125 e. The molecule has 0 heterocycles. The third kappa shape index (κ3) is 3.30. The molecule has 2 heteroatoms. The molecule has 2 unspecified atom stereocenters. The highest BCUT2D eigenvalue weighted by atomic mass is 16.5. The average Bonchev–Trinajstić information content (AvgIpc) is 2.35. The van der Waals surface area contributed by atoms with Crippen molar-refractivity contribution in [2.45, 2.75) is 65.1 Å². The summed E-state index contributed by atoms with van der Waals surface area (Å²) in [7, 11) is 0. The van der Waals surface area contributed by atoms with Gasteiger partial charge in [-0.25, -0.2) is 0 Å². The lowest BCUT2D eigenvalue weighted by Crippen LogP contribution is -2.46. The zero-order chi connectivity index (χ0) is 14.0. The van der Waals surface area contributed by atoms with E-state index in [2.05, 4.69) is 39.8 Å². The smallest absolute Gasteiger partial charge is 0.125 e. The molecule has 0 spiro atoms. The van der Waals surface area contributed by atoms with E-state index in [0.717, 1.165) is 25.0 Å². The standard InChI is InChI=1S/C17H26O2/c1-12(2)13-7-9-14(10-8-13)19-15-6-5-11-17(3,4)16(15)18/h7-10,12,15-16,18H,5-6,11H2,1-4H3. The summed E-state index contributed by atoms with van der Waals surface area (Å²) in [6, 6.07) is 8.26. The Kier molecular flexibility index (Phi) is 4.19. The molecule has 0 radical (unpaired) electrons. The van der Waals surface area contributed by atoms with Gasteiger partial charge in [0.05, 0.1) is 6.10 Å². The van der Waals surface area contributed by atoms with Crippen LogP contribution in [0.15, 0.2) is 24.3 Å². The Morgan fingerprint density at radius 3 is 2.42 bits per heavy atom. The summed E-state index contributed by atoms with van der Waals surface area (Å²) < 4.78 is 5.99. The lowest BCUT2D eigenvalue weighted by atomic mass is 9.73. The summed E-state index contributed by atoms with van der Waals surface area (Å²) in [5, 5.41) is 10.4. The van der Waals surface area contributed by atoms with Crippen molar-refractivity contribution in [2.24, 2.45) is 5.41 Å². The van der Waals surface area contributed by atoms with E-state index in [-0.39, 0.29) is 17.6 Å². The van der Waals surface area contributed by atoms with Crippen molar-refractivity contribution in [3.05, 3.63) is 29.8 Å². The minimum absolute atomic E-state index is 0.0409. The molecule has 2 nitrogen and oxygen atoms in total. The van der Waals surface area contributed by atoms with Gasteiger partial charge in [-0.3, -0.25) is 0 Å². The SMILES string of the molecule is CC(C)c1ccc(OC2CCCC(C)(C)C2O)cc1. The Morgan fingerprint density at radius 1 is 1.21 bits per heavy atom. The van der Waals surface area contributed by atoms with Crippen molar-refractivity contribution in [2.75, 3.05) is 0 Å². The number of rotatable bonds is 3. The largest absolute Gasteiger partial charge is 0.488 e. The summed E-state index contributed by atoms with van der Waals surface area (Å²) in [5.41, 5.74) is 1.28. The van der Waals surface area contributed by atoms with E-state index in [4.69, 9.17) is 4.74 Å². The van der Waals surface area contributed by atoms with Crippen molar-refractivity contribution in [3.63, 3.8) is 0 Å². The number of aliphatic hydroxyl groups is 1. The Bertz CT molecular complexity index is 406. The number of aliphatic hydroxyl groups excluding tert-OH is 1. The maximum absolute atomic E-state index is 10.4. The van der Waals surface area contributed by atoms with Crippen molar-refractivity contribution in [1.29, 1.82) is 0 Å². The van der Waals surface area contributed by atoms with Crippen LogP contribution < -0.4 is 4.74 Å². The van der Waals surface area contributed by atoms with Crippen LogP contribution in [0.1, 0.15) is 58.4 Å². The monoisotopic (exact) mass is 262 g/mol. The van der Waals surface area contributed by atoms with Gasteiger partial charge in [0.1, 0.15) is 11.9 Å². The quantitative estimate of drug-likeness (QED) is 0.887. The van der Waals surface area contributed by atoms with Crippen LogP contribution in [0.3, 0.4) is 0 Å². The summed E-state index contributed by atoms with van der Waals surface area (Å²) in [6.07, 6.45) is 2.68. The molecular weight excluding hydrogens is 236 g/mol.